The molecule has 2 aromatic carbocycles. The molecule has 0 aliphatic rings. The van der Waals surface area contributed by atoms with Gasteiger partial charge in [-0.05, 0) is 41.7 Å². The summed E-state index contributed by atoms with van der Waals surface area (Å²) in [7, 11) is 3.20. The van der Waals surface area contributed by atoms with Crippen LogP contribution in [0.3, 0.4) is 0 Å². The number of nitrogens with one attached hydrogen (secondary N) is 1. The average Bonchev–Trinajstić information content (AvgIpc) is 2.75. The van der Waals surface area contributed by atoms with E-state index in [1.54, 1.807) is 50.5 Å². The fourth-order valence-electron chi connectivity index (χ4n) is 3.03. The molecule has 8 nitrogen and oxygen atoms in total. The van der Waals surface area contributed by atoms with Gasteiger partial charge in [0.2, 0.25) is 0 Å². The van der Waals surface area contributed by atoms with Crippen LogP contribution in [0.5, 0.6) is 5.75 Å². The number of likely N-dealkylation sites (N-methyl/N-ethyl adjacent to an activating group) is 1. The molecule has 1 amide bonds. The van der Waals surface area contributed by atoms with Crippen molar-refractivity contribution in [1.82, 2.24) is 4.90 Å². The summed E-state index contributed by atoms with van der Waals surface area (Å²) in [5, 5.41) is 7.41. The minimum atomic E-state index is -0.566. The number of rotatable bonds is 8. The summed E-state index contributed by atoms with van der Waals surface area (Å²) in [4.78, 5) is 38.3. The molecule has 176 valence electrons. The number of carbonyl (C=O) groups excluding carboxylic acids is 3. The molecule has 2 rings (SSSR count). The number of hydrogen-bond donors (Lipinski definition) is 2. The summed E-state index contributed by atoms with van der Waals surface area (Å²) in [5.74, 6) is -1.65. The van der Waals surface area contributed by atoms with Gasteiger partial charge in [0.25, 0.3) is 5.91 Å². The molecule has 0 bridgehead atoms. The van der Waals surface area contributed by atoms with E-state index in [4.69, 9.17) is 20.6 Å². The number of amidine groups is 1. The average molecular weight is 454 g/mol. The zero-order valence-corrected chi connectivity index (χ0v) is 19.7. The highest BCUT2D eigenvalue weighted by Gasteiger charge is 2.28. The standard InChI is InChI=1S/C25H31N3O5/c1-25(2,3)14-20(24(31)32-15-21(29)28(4)5)16-10-12-19(13-11-16)33-23(30)18-8-6-17(7-9-18)22(26)27/h6-13,20H,14-15H2,1-5H3,(H3,26,27). The van der Waals surface area contributed by atoms with Gasteiger partial charge in [-0.15, -0.1) is 0 Å². The Labute approximate surface area is 194 Å². The van der Waals surface area contributed by atoms with Crippen molar-refractivity contribution in [1.29, 1.82) is 5.41 Å². The van der Waals surface area contributed by atoms with E-state index in [0.29, 0.717) is 28.9 Å². The highest BCUT2D eigenvalue weighted by Crippen LogP contribution is 2.33. The SMILES string of the molecule is CN(C)C(=O)COC(=O)C(CC(C)(C)C)c1ccc(OC(=O)c2ccc(C(=N)N)cc2)cc1. The van der Waals surface area contributed by atoms with E-state index in [-0.39, 0.29) is 23.8 Å². The van der Waals surface area contributed by atoms with Crippen molar-refractivity contribution in [2.75, 3.05) is 20.7 Å². The van der Waals surface area contributed by atoms with Crippen LogP contribution in [0.1, 0.15) is 54.6 Å². The van der Waals surface area contributed by atoms with Gasteiger partial charge >= 0.3 is 11.9 Å². The zero-order chi connectivity index (χ0) is 24.8. The normalized spacial score (nSPS) is 11.9. The van der Waals surface area contributed by atoms with Crippen LogP contribution in [0, 0.1) is 10.8 Å². The van der Waals surface area contributed by atoms with E-state index in [1.807, 2.05) is 20.8 Å². The number of benzene rings is 2. The number of ether oxygens (including phenoxy) is 2. The fourth-order valence-corrected chi connectivity index (χ4v) is 3.03. The smallest absolute Gasteiger partial charge is 0.343 e. The largest absolute Gasteiger partial charge is 0.455 e. The van der Waals surface area contributed by atoms with E-state index in [0.717, 1.165) is 0 Å². The molecule has 0 saturated carbocycles. The van der Waals surface area contributed by atoms with Crippen LogP contribution in [-0.2, 0) is 14.3 Å². The number of hydrogen-bond acceptors (Lipinski definition) is 6. The van der Waals surface area contributed by atoms with Crippen molar-refractivity contribution in [2.45, 2.75) is 33.1 Å². The van der Waals surface area contributed by atoms with Crippen molar-refractivity contribution >= 4 is 23.7 Å². The van der Waals surface area contributed by atoms with Crippen LogP contribution in [0.15, 0.2) is 48.5 Å². The minimum Gasteiger partial charge on any atom is -0.455 e. The predicted molar refractivity (Wildman–Crippen MR) is 125 cm³/mol. The number of carbonyl (C=O) groups is 3. The van der Waals surface area contributed by atoms with Gasteiger partial charge in [-0.1, -0.05) is 45.0 Å². The Balaban J connectivity index is 2.13. The second-order valence-corrected chi connectivity index (χ2v) is 9.16. The number of esters is 2. The Bertz CT molecular complexity index is 1010. The summed E-state index contributed by atoms with van der Waals surface area (Å²) in [6.07, 6.45) is 0.517. The summed E-state index contributed by atoms with van der Waals surface area (Å²) in [5.41, 5.74) is 6.81. The molecule has 0 fully saturated rings. The summed E-state index contributed by atoms with van der Waals surface area (Å²) >= 11 is 0. The van der Waals surface area contributed by atoms with Crippen LogP contribution in [0.4, 0.5) is 0 Å². The lowest BCUT2D eigenvalue weighted by Crippen LogP contribution is -2.30. The lowest BCUT2D eigenvalue weighted by Gasteiger charge is -2.25. The number of nitrogen functional groups attached to an aromatic ring is 1. The molecular formula is C25H31N3O5. The van der Waals surface area contributed by atoms with Gasteiger partial charge in [0.1, 0.15) is 11.6 Å². The van der Waals surface area contributed by atoms with E-state index in [1.165, 1.54) is 17.0 Å². The van der Waals surface area contributed by atoms with Crippen LogP contribution in [-0.4, -0.2) is 49.3 Å². The van der Waals surface area contributed by atoms with Gasteiger partial charge in [-0.25, -0.2) is 4.79 Å². The topological polar surface area (TPSA) is 123 Å². The molecule has 8 heteroatoms. The molecule has 0 aromatic heterocycles. The van der Waals surface area contributed by atoms with Gasteiger partial charge < -0.3 is 20.1 Å². The first-order chi connectivity index (χ1) is 15.4. The molecule has 0 saturated heterocycles. The molecule has 3 N–H and O–H groups in total. The van der Waals surface area contributed by atoms with Crippen molar-refractivity contribution in [3.63, 3.8) is 0 Å². The summed E-state index contributed by atoms with van der Waals surface area (Å²) < 4.78 is 10.7. The van der Waals surface area contributed by atoms with Crippen molar-refractivity contribution in [3.05, 3.63) is 65.2 Å². The quantitative estimate of drug-likeness (QED) is 0.274. The van der Waals surface area contributed by atoms with Crippen molar-refractivity contribution < 1.29 is 23.9 Å². The number of nitrogens with zero attached hydrogens (tertiary/aromatic N) is 1. The van der Waals surface area contributed by atoms with Gasteiger partial charge in [0, 0.05) is 19.7 Å². The third-order valence-corrected chi connectivity index (χ3v) is 4.86. The summed E-state index contributed by atoms with van der Waals surface area (Å²) in [6.45, 7) is 5.74. The molecule has 0 spiro atoms. The highest BCUT2D eigenvalue weighted by molar-refractivity contribution is 5.97. The second-order valence-electron chi connectivity index (χ2n) is 9.16. The van der Waals surface area contributed by atoms with Crippen molar-refractivity contribution in [3.8, 4) is 5.75 Å². The van der Waals surface area contributed by atoms with Crippen LogP contribution < -0.4 is 10.5 Å². The lowest BCUT2D eigenvalue weighted by atomic mass is 9.81. The van der Waals surface area contributed by atoms with E-state index in [2.05, 4.69) is 0 Å². The molecule has 2 aromatic rings. The van der Waals surface area contributed by atoms with Crippen LogP contribution in [0.25, 0.3) is 0 Å². The Morgan fingerprint density at radius 3 is 2.00 bits per heavy atom. The number of nitrogens with two attached hydrogens (primary N) is 1. The van der Waals surface area contributed by atoms with Gasteiger partial charge in [-0.2, -0.15) is 0 Å². The van der Waals surface area contributed by atoms with Crippen LogP contribution >= 0.6 is 0 Å². The second kappa shape index (κ2) is 10.8. The van der Waals surface area contributed by atoms with E-state index < -0.39 is 17.9 Å². The molecule has 33 heavy (non-hydrogen) atoms. The lowest BCUT2D eigenvalue weighted by molar-refractivity contribution is -0.153. The van der Waals surface area contributed by atoms with E-state index >= 15 is 0 Å². The zero-order valence-electron chi connectivity index (χ0n) is 19.7. The molecule has 0 heterocycles. The molecule has 1 unspecified atom stereocenters. The highest BCUT2D eigenvalue weighted by atomic mass is 16.5. The first-order valence-corrected chi connectivity index (χ1v) is 10.5. The Morgan fingerprint density at radius 1 is 0.970 bits per heavy atom. The van der Waals surface area contributed by atoms with Crippen LogP contribution in [0.2, 0.25) is 0 Å². The first-order valence-electron chi connectivity index (χ1n) is 10.5. The molecule has 0 aliphatic carbocycles. The monoisotopic (exact) mass is 453 g/mol. The maximum atomic E-state index is 12.8. The van der Waals surface area contributed by atoms with Gasteiger partial charge in [0.15, 0.2) is 6.61 Å². The predicted octanol–water partition coefficient (Wildman–Crippen LogP) is 3.34. The summed E-state index contributed by atoms with van der Waals surface area (Å²) in [6, 6.07) is 12.9. The fraction of sp³-hybridized carbons (Fsp3) is 0.360. The Hall–Kier alpha value is -3.68. The molecule has 0 aliphatic heterocycles. The third kappa shape index (κ3) is 7.75. The molecule has 0 radical (unpaired) electrons. The third-order valence-electron chi connectivity index (χ3n) is 4.86. The number of amides is 1. The molecule has 1 atom stereocenters. The maximum absolute atomic E-state index is 12.8. The Kier molecular flexibility index (Phi) is 8.34. The van der Waals surface area contributed by atoms with E-state index in [9.17, 15) is 14.4 Å². The first kappa shape index (κ1) is 25.6. The van der Waals surface area contributed by atoms with Gasteiger partial charge in [0.05, 0.1) is 11.5 Å². The van der Waals surface area contributed by atoms with Gasteiger partial charge in [-0.3, -0.25) is 15.0 Å². The molecular weight excluding hydrogens is 422 g/mol. The minimum absolute atomic E-state index is 0.0834. The Morgan fingerprint density at radius 2 is 1.52 bits per heavy atom. The van der Waals surface area contributed by atoms with Crippen molar-refractivity contribution in [2.24, 2.45) is 11.1 Å². The maximum Gasteiger partial charge on any atom is 0.343 e.